The molecule has 0 spiro atoms. The van der Waals surface area contributed by atoms with Gasteiger partial charge in [-0.05, 0) is 58.0 Å². The molecule has 1 heterocycles. The van der Waals surface area contributed by atoms with E-state index in [1.165, 1.54) is 32.2 Å². The lowest BCUT2D eigenvalue weighted by Crippen LogP contribution is -2.49. The molecule has 2 unspecified atom stereocenters. The van der Waals surface area contributed by atoms with E-state index in [1.54, 1.807) is 0 Å². The van der Waals surface area contributed by atoms with E-state index < -0.39 is 0 Å². The second-order valence-corrected chi connectivity index (χ2v) is 6.61. The fraction of sp³-hybridized carbons (Fsp3) is 1.00. The highest BCUT2D eigenvalue weighted by Gasteiger charge is 2.34. The quantitative estimate of drug-likeness (QED) is 0.677. The maximum absolute atomic E-state index is 9.77. The third-order valence-electron chi connectivity index (χ3n) is 4.99. The van der Waals surface area contributed by atoms with Crippen molar-refractivity contribution in [3.05, 3.63) is 0 Å². The number of aliphatic hydroxyl groups is 1. The molecule has 1 aliphatic heterocycles. The van der Waals surface area contributed by atoms with Crippen LogP contribution in [0.3, 0.4) is 0 Å². The molecule has 0 amide bonds. The zero-order valence-electron chi connectivity index (χ0n) is 13.2. The van der Waals surface area contributed by atoms with E-state index in [0.29, 0.717) is 12.1 Å². The van der Waals surface area contributed by atoms with E-state index >= 15 is 0 Å². The fourth-order valence-electron chi connectivity index (χ4n) is 3.30. The highest BCUT2D eigenvalue weighted by atomic mass is 16.5. The Bertz CT molecular complexity index is 278. The summed E-state index contributed by atoms with van der Waals surface area (Å²) in [6, 6.07) is 0.662. The molecule has 118 valence electrons. The van der Waals surface area contributed by atoms with Crippen molar-refractivity contribution in [3.8, 4) is 0 Å². The first-order valence-corrected chi connectivity index (χ1v) is 8.35. The van der Waals surface area contributed by atoms with Crippen molar-refractivity contribution in [2.24, 2.45) is 0 Å². The van der Waals surface area contributed by atoms with E-state index in [-0.39, 0.29) is 12.1 Å². The normalized spacial score (nSPS) is 27.4. The Morgan fingerprint density at radius 1 is 1.35 bits per heavy atom. The van der Waals surface area contributed by atoms with Crippen LogP contribution in [0.4, 0.5) is 0 Å². The molecule has 20 heavy (non-hydrogen) atoms. The number of methoxy groups -OCH3 is 1. The van der Waals surface area contributed by atoms with Crippen LogP contribution < -0.4 is 5.32 Å². The Labute approximate surface area is 123 Å². The maximum atomic E-state index is 9.77. The second-order valence-electron chi connectivity index (χ2n) is 6.61. The lowest BCUT2D eigenvalue weighted by Gasteiger charge is -2.35. The first-order valence-electron chi connectivity index (χ1n) is 8.35. The van der Waals surface area contributed by atoms with Gasteiger partial charge in [0.1, 0.15) is 0 Å². The average Bonchev–Trinajstić information content (AvgIpc) is 3.30. The van der Waals surface area contributed by atoms with Gasteiger partial charge in [0.2, 0.25) is 0 Å². The van der Waals surface area contributed by atoms with Gasteiger partial charge in [0.05, 0.1) is 12.7 Å². The van der Waals surface area contributed by atoms with E-state index in [2.05, 4.69) is 17.1 Å². The van der Waals surface area contributed by atoms with Crippen LogP contribution in [0.5, 0.6) is 0 Å². The van der Waals surface area contributed by atoms with Crippen molar-refractivity contribution in [1.29, 1.82) is 0 Å². The molecule has 2 rings (SSSR count). The Morgan fingerprint density at radius 3 is 2.75 bits per heavy atom. The predicted molar refractivity (Wildman–Crippen MR) is 82.0 cm³/mol. The molecular formula is C16H32N2O2. The number of likely N-dealkylation sites (tertiary alicyclic amines) is 1. The number of nitrogens with zero attached hydrogens (tertiary/aromatic N) is 1. The van der Waals surface area contributed by atoms with Gasteiger partial charge in [0.15, 0.2) is 0 Å². The van der Waals surface area contributed by atoms with Crippen molar-refractivity contribution in [3.63, 3.8) is 0 Å². The monoisotopic (exact) mass is 284 g/mol. The summed E-state index contributed by atoms with van der Waals surface area (Å²) in [6.07, 6.45) is 8.67. The molecule has 2 N–H and O–H groups in total. The SMILES string of the molecule is CCC(CO)(CCCN1CCCC(OC)C1)NC1CC1. The Morgan fingerprint density at radius 2 is 2.15 bits per heavy atom. The number of rotatable bonds is 9. The Hall–Kier alpha value is -0.160. The zero-order valence-corrected chi connectivity index (χ0v) is 13.2. The van der Waals surface area contributed by atoms with Gasteiger partial charge < -0.3 is 20.1 Å². The maximum Gasteiger partial charge on any atom is 0.0698 e. The molecule has 0 bridgehead atoms. The summed E-state index contributed by atoms with van der Waals surface area (Å²) in [5.41, 5.74) is -0.0440. The first-order chi connectivity index (χ1) is 9.71. The number of hydrogen-bond donors (Lipinski definition) is 2. The van der Waals surface area contributed by atoms with Crippen molar-refractivity contribution in [2.45, 2.75) is 69.6 Å². The van der Waals surface area contributed by atoms with Crippen molar-refractivity contribution < 1.29 is 9.84 Å². The summed E-state index contributed by atoms with van der Waals surface area (Å²) in [5.74, 6) is 0. The summed E-state index contributed by atoms with van der Waals surface area (Å²) in [7, 11) is 1.82. The van der Waals surface area contributed by atoms with Gasteiger partial charge in [-0.1, -0.05) is 6.92 Å². The zero-order chi connectivity index (χ0) is 14.4. The molecule has 4 heteroatoms. The van der Waals surface area contributed by atoms with Gasteiger partial charge in [-0.15, -0.1) is 0 Å². The largest absolute Gasteiger partial charge is 0.394 e. The molecule has 0 radical (unpaired) electrons. The minimum absolute atomic E-state index is 0.0440. The summed E-state index contributed by atoms with van der Waals surface area (Å²) in [6.45, 7) is 5.86. The van der Waals surface area contributed by atoms with Gasteiger partial charge in [-0.2, -0.15) is 0 Å². The van der Waals surface area contributed by atoms with Crippen LogP contribution in [0.25, 0.3) is 0 Å². The topological polar surface area (TPSA) is 44.7 Å². The van der Waals surface area contributed by atoms with Gasteiger partial charge in [0, 0.05) is 25.2 Å². The third-order valence-corrected chi connectivity index (χ3v) is 4.99. The fourth-order valence-corrected chi connectivity index (χ4v) is 3.30. The first kappa shape index (κ1) is 16.2. The molecule has 2 fully saturated rings. The van der Waals surface area contributed by atoms with E-state index in [1.807, 2.05) is 7.11 Å². The number of nitrogens with one attached hydrogen (secondary N) is 1. The molecule has 0 aromatic rings. The third kappa shape index (κ3) is 4.69. The standard InChI is InChI=1S/C16H32N2O2/c1-3-16(13-19,17-14-7-8-14)9-5-11-18-10-4-6-15(12-18)20-2/h14-15,17,19H,3-13H2,1-2H3. The minimum atomic E-state index is -0.0440. The minimum Gasteiger partial charge on any atom is -0.394 e. The number of piperidine rings is 1. The van der Waals surface area contributed by atoms with Gasteiger partial charge in [-0.25, -0.2) is 0 Å². The van der Waals surface area contributed by atoms with Crippen LogP contribution in [-0.4, -0.2) is 61.0 Å². The van der Waals surface area contributed by atoms with Crippen LogP contribution >= 0.6 is 0 Å². The lowest BCUT2D eigenvalue weighted by molar-refractivity contribution is 0.0293. The summed E-state index contributed by atoms with van der Waals surface area (Å²) >= 11 is 0. The summed E-state index contributed by atoms with van der Waals surface area (Å²) in [4.78, 5) is 2.52. The molecule has 2 aliphatic rings. The van der Waals surface area contributed by atoms with Crippen molar-refractivity contribution in [1.82, 2.24) is 10.2 Å². The van der Waals surface area contributed by atoms with Crippen molar-refractivity contribution >= 4 is 0 Å². The molecule has 1 saturated heterocycles. The van der Waals surface area contributed by atoms with E-state index in [9.17, 15) is 5.11 Å². The van der Waals surface area contributed by atoms with Crippen LogP contribution in [0.1, 0.15) is 51.9 Å². The van der Waals surface area contributed by atoms with E-state index in [0.717, 1.165) is 32.4 Å². The number of hydrogen-bond acceptors (Lipinski definition) is 4. The Balaban J connectivity index is 1.71. The molecule has 4 nitrogen and oxygen atoms in total. The highest BCUT2D eigenvalue weighted by molar-refractivity contribution is 4.94. The van der Waals surface area contributed by atoms with E-state index in [4.69, 9.17) is 4.74 Å². The van der Waals surface area contributed by atoms with Crippen molar-refractivity contribution in [2.75, 3.05) is 33.4 Å². The lowest BCUT2D eigenvalue weighted by atomic mass is 9.90. The summed E-state index contributed by atoms with van der Waals surface area (Å²) in [5, 5.41) is 13.4. The highest BCUT2D eigenvalue weighted by Crippen LogP contribution is 2.27. The second kappa shape index (κ2) is 7.74. The molecule has 0 aromatic heterocycles. The molecule has 0 aromatic carbocycles. The average molecular weight is 284 g/mol. The van der Waals surface area contributed by atoms with Crippen LogP contribution in [0.2, 0.25) is 0 Å². The predicted octanol–water partition coefficient (Wildman–Crippen LogP) is 1.77. The van der Waals surface area contributed by atoms with Crippen LogP contribution in [0.15, 0.2) is 0 Å². The Kier molecular flexibility index (Phi) is 6.27. The van der Waals surface area contributed by atoms with Gasteiger partial charge in [0.25, 0.3) is 0 Å². The summed E-state index contributed by atoms with van der Waals surface area (Å²) < 4.78 is 5.48. The van der Waals surface area contributed by atoms with Gasteiger partial charge in [-0.3, -0.25) is 0 Å². The number of ether oxygens (including phenoxy) is 1. The molecule has 1 aliphatic carbocycles. The smallest absolute Gasteiger partial charge is 0.0698 e. The number of aliphatic hydroxyl groups excluding tert-OH is 1. The van der Waals surface area contributed by atoms with Gasteiger partial charge >= 0.3 is 0 Å². The molecule has 2 atom stereocenters. The van der Waals surface area contributed by atoms with Crippen LogP contribution in [-0.2, 0) is 4.74 Å². The van der Waals surface area contributed by atoms with Crippen LogP contribution in [0, 0.1) is 0 Å². The molecule has 1 saturated carbocycles. The molecular weight excluding hydrogens is 252 g/mol.